The topological polar surface area (TPSA) is 139 Å². The summed E-state index contributed by atoms with van der Waals surface area (Å²) in [6, 6.07) is 33.7. The highest BCUT2D eigenvalue weighted by Gasteiger charge is 2.64. The molecule has 4 aromatic rings. The van der Waals surface area contributed by atoms with Crippen molar-refractivity contribution < 1.29 is 61.5 Å². The molecule has 0 saturated carbocycles. The Bertz CT molecular complexity index is 3030. The molecule has 3 unspecified atom stereocenters. The molecule has 3 atom stereocenters. The molecule has 0 bridgehead atoms. The predicted octanol–water partition coefficient (Wildman–Crippen LogP) is 17.9. The van der Waals surface area contributed by atoms with E-state index in [0.717, 1.165) is 95.0 Å². The summed E-state index contributed by atoms with van der Waals surface area (Å²) in [7, 11) is 3.84. The molecule has 3 heterocycles. The van der Waals surface area contributed by atoms with Gasteiger partial charge in [0.25, 0.3) is 0 Å². The summed E-state index contributed by atoms with van der Waals surface area (Å²) in [5.74, 6) is 0.353. The second-order valence-electron chi connectivity index (χ2n) is 27.8. The first-order valence-electron chi connectivity index (χ1n) is 33.6. The zero-order valence-corrected chi connectivity index (χ0v) is 65.4. The predicted molar refractivity (Wildman–Crippen MR) is 404 cm³/mol. The first-order chi connectivity index (χ1) is 44.9. The van der Waals surface area contributed by atoms with Gasteiger partial charge < -0.3 is 56.7 Å². The fourth-order valence-corrected chi connectivity index (χ4v) is 12.1. The fourth-order valence-electron chi connectivity index (χ4n) is 11.0. The number of allylic oxidation sites excluding steroid dienone is 5. The van der Waals surface area contributed by atoms with Gasteiger partial charge in [0.05, 0.1) is 85.0 Å². The number of aliphatic hydroxyl groups is 1. The van der Waals surface area contributed by atoms with E-state index in [1.807, 2.05) is 67.5 Å². The van der Waals surface area contributed by atoms with Gasteiger partial charge in [0, 0.05) is 52.9 Å². The van der Waals surface area contributed by atoms with Crippen LogP contribution in [-0.2, 0) is 56.4 Å². The number of alkyl halides is 1. The molecule has 11 rings (SSSR count). The highest BCUT2D eigenvalue weighted by atomic mass is 79.9. The van der Waals surface area contributed by atoms with E-state index >= 15 is 0 Å². The Hall–Kier alpha value is -2.86. The summed E-state index contributed by atoms with van der Waals surface area (Å²) in [5, 5.41) is 10.3. The first kappa shape index (κ1) is 81.1. The molecule has 0 spiro atoms. The Morgan fingerprint density at radius 3 is 1.03 bits per heavy atom. The first-order valence-corrected chi connectivity index (χ1v) is 37.1. The lowest BCUT2D eigenvalue weighted by Crippen LogP contribution is -2.41. The summed E-state index contributed by atoms with van der Waals surface area (Å²) >= 11 is 13.5. The summed E-state index contributed by atoms with van der Waals surface area (Å²) in [6.07, 6.45) is 20.5. The van der Waals surface area contributed by atoms with E-state index in [1.165, 1.54) is 44.5 Å². The third-order valence-corrected chi connectivity index (χ3v) is 21.0. The summed E-state index contributed by atoms with van der Waals surface area (Å²) in [4.78, 5) is 11.0. The molecule has 0 radical (unpaired) electrons. The monoisotopic (exact) mass is 1560 g/mol. The molecule has 3 aliphatic heterocycles. The van der Waals surface area contributed by atoms with Crippen LogP contribution in [0.2, 0.25) is 0 Å². The molecule has 4 aromatic carbocycles. The minimum Gasteiger partial charge on any atom is -0.405 e. The van der Waals surface area contributed by atoms with Crippen LogP contribution in [0.25, 0.3) is 22.3 Å². The average Bonchev–Trinajstić information content (AvgIpc) is 1.61. The standard InChI is InChI=1S/C21H31BO4.C15H19BrO2.C12H24B2O4.C12H13BrO.C12H11BrO.C3H7BrO/c1-20(2)21(3,4)26-22(25-20)18-10-6-16(7-11-18)17-8-12-19(13-9-17)24-15-14-23-5;1-17-10-11-18-15-8-4-13(5-9-15)12-2-6-14(16)7-3-12;1-9(2)10(3,4)16-13(15-9)14-17-11(5,6)12(7,8)18-14;2*13-11-5-1-9(2-6-11)10-3-7-12(14)8-4-10;1-5-3-2-4/h6-8,10-11,19H,9,12-15H2,1-5H3;2-4,6-7,15H,5,8-11H2,1H3;1-8H3;1-3,5-6,12,14H,4,7-8H2;1-3,5-6H,4,7-8H2;2-3H2,1H3. The summed E-state index contributed by atoms with van der Waals surface area (Å²) in [5.41, 5.74) is 9.65. The van der Waals surface area contributed by atoms with Crippen LogP contribution in [-0.4, -0.2) is 144 Å². The van der Waals surface area contributed by atoms with Crippen LogP contribution in [0.5, 0.6) is 0 Å². The molecule has 1 N–H and O–H groups in total. The number of benzene rings is 4. The van der Waals surface area contributed by atoms with Gasteiger partial charge in [0.15, 0.2) is 0 Å². The molecule has 3 saturated heterocycles. The SMILES string of the molecule is CC1(C)OB(B2OC(C)(C)C(C)(C)O2)OC1(C)C.COCCBr.COCCOC1CC=C(c2ccc(B3OC(C)(C)C(C)(C)O3)cc2)CC1.COCCOC1CC=C(c2ccc(Br)cc2)CC1.O=C1CC=C(c2ccc(Br)cc2)CC1.OC1CC=C(c2ccc(Br)cc2)CC1. The van der Waals surface area contributed by atoms with Gasteiger partial charge in [0.2, 0.25) is 0 Å². The van der Waals surface area contributed by atoms with Crippen LogP contribution < -0.4 is 5.46 Å². The number of ether oxygens (including phenoxy) is 5. The molecule has 0 aromatic heterocycles. The van der Waals surface area contributed by atoms with Crippen LogP contribution in [0.3, 0.4) is 0 Å². The number of halogens is 4. The number of rotatable bonds is 16. The van der Waals surface area contributed by atoms with Crippen LogP contribution in [0.4, 0.5) is 0 Å². The van der Waals surface area contributed by atoms with Crippen molar-refractivity contribution in [3.05, 3.63) is 157 Å². The number of Topliss-reactive ketones (excluding diaryl/α,β-unsaturated/α-hetero) is 1. The number of hydrogen-bond donors (Lipinski definition) is 1. The molecule has 95 heavy (non-hydrogen) atoms. The van der Waals surface area contributed by atoms with Gasteiger partial charge in [-0.05, 0) is 234 Å². The Kier molecular flexibility index (Phi) is 32.7. The number of carbonyl (C=O) groups excluding carboxylic acids is 1. The summed E-state index contributed by atoms with van der Waals surface area (Å²) < 4.78 is 65.7. The zero-order chi connectivity index (χ0) is 69.6. The van der Waals surface area contributed by atoms with E-state index in [0.29, 0.717) is 57.3 Å². The van der Waals surface area contributed by atoms with E-state index in [-0.39, 0.29) is 46.8 Å². The minimum atomic E-state index is -0.476. The third kappa shape index (κ3) is 25.0. The van der Waals surface area contributed by atoms with E-state index in [4.69, 9.17) is 46.9 Å². The maximum Gasteiger partial charge on any atom is 0.494 e. The van der Waals surface area contributed by atoms with E-state index in [9.17, 15) is 9.90 Å². The molecule has 7 aliphatic rings. The highest BCUT2D eigenvalue weighted by Crippen LogP contribution is 2.44. The van der Waals surface area contributed by atoms with Crippen molar-refractivity contribution in [2.45, 2.75) is 212 Å². The Balaban J connectivity index is 0.000000188. The number of aliphatic hydroxyl groups excluding tert-OH is 1. The van der Waals surface area contributed by atoms with E-state index in [1.54, 1.807) is 21.3 Å². The van der Waals surface area contributed by atoms with E-state index < -0.39 is 14.0 Å². The summed E-state index contributed by atoms with van der Waals surface area (Å²) in [6.45, 7) is 28.1. The van der Waals surface area contributed by atoms with Gasteiger partial charge in [0.1, 0.15) is 5.78 Å². The lowest BCUT2D eigenvalue weighted by Gasteiger charge is -2.32. The normalized spacial score (nSPS) is 22.6. The number of carbonyl (C=O) groups is 1. The molecule has 3 fully saturated rings. The quantitative estimate of drug-likeness (QED) is 0.0647. The Labute approximate surface area is 604 Å². The molecular weight excluding hydrogens is 1460 g/mol. The van der Waals surface area contributed by atoms with Crippen LogP contribution in [0, 0.1) is 0 Å². The van der Waals surface area contributed by atoms with Gasteiger partial charge in [-0.25, -0.2) is 0 Å². The molecule has 13 nitrogen and oxygen atoms in total. The molecule has 20 heteroatoms. The minimum absolute atomic E-state index is 0.130. The zero-order valence-electron chi connectivity index (χ0n) is 59.1. The van der Waals surface area contributed by atoms with Gasteiger partial charge in [-0.1, -0.05) is 149 Å². The van der Waals surface area contributed by atoms with Crippen molar-refractivity contribution in [3.63, 3.8) is 0 Å². The number of methoxy groups -OCH3 is 3. The largest absolute Gasteiger partial charge is 0.494 e. The molecular formula is C75H105B3Br4O13. The maximum atomic E-state index is 11.0. The second kappa shape index (κ2) is 38.3. The number of hydrogen-bond acceptors (Lipinski definition) is 13. The Morgan fingerprint density at radius 1 is 0.421 bits per heavy atom. The molecule has 520 valence electrons. The van der Waals surface area contributed by atoms with Gasteiger partial charge in [-0.2, -0.15) is 0 Å². The van der Waals surface area contributed by atoms with Gasteiger partial charge in [-0.15, -0.1) is 0 Å². The third-order valence-electron chi connectivity index (χ3n) is 19.1. The maximum absolute atomic E-state index is 11.0. The molecule has 4 aliphatic carbocycles. The number of ketones is 1. The van der Waals surface area contributed by atoms with Gasteiger partial charge in [-0.3, -0.25) is 4.79 Å². The van der Waals surface area contributed by atoms with Crippen molar-refractivity contribution in [1.29, 1.82) is 0 Å². The average molecular weight is 1570 g/mol. The van der Waals surface area contributed by atoms with Crippen molar-refractivity contribution in [1.82, 2.24) is 0 Å². The van der Waals surface area contributed by atoms with Crippen LogP contribution in [0.15, 0.2) is 135 Å². The van der Waals surface area contributed by atoms with Crippen molar-refractivity contribution in [3.8, 4) is 0 Å². The van der Waals surface area contributed by atoms with Crippen molar-refractivity contribution >= 4 is 118 Å². The lowest BCUT2D eigenvalue weighted by atomic mass is 9.49. The fraction of sp³-hybridized carbons (Fsp3) is 0.560. The van der Waals surface area contributed by atoms with E-state index in [2.05, 4.69) is 205 Å². The Morgan fingerprint density at radius 2 is 0.747 bits per heavy atom. The van der Waals surface area contributed by atoms with Crippen LogP contribution in [0.1, 0.15) is 182 Å². The van der Waals surface area contributed by atoms with Gasteiger partial charge >= 0.3 is 21.1 Å². The highest BCUT2D eigenvalue weighted by molar-refractivity contribution is 9.11. The van der Waals surface area contributed by atoms with Crippen molar-refractivity contribution in [2.24, 2.45) is 0 Å². The van der Waals surface area contributed by atoms with Crippen molar-refractivity contribution in [2.75, 3.05) is 59.7 Å². The van der Waals surface area contributed by atoms with Crippen LogP contribution >= 0.6 is 63.7 Å². The lowest BCUT2D eigenvalue weighted by molar-refractivity contribution is -0.118. The second-order valence-corrected chi connectivity index (χ2v) is 31.3. The molecule has 0 amide bonds. The smallest absolute Gasteiger partial charge is 0.405 e.